The van der Waals surface area contributed by atoms with Crippen LogP contribution in [-0.4, -0.2) is 35.9 Å². The smallest absolute Gasteiger partial charge is 0.152 e. The van der Waals surface area contributed by atoms with Crippen LogP contribution in [0.2, 0.25) is 5.02 Å². The second-order valence-electron chi connectivity index (χ2n) is 3.86. The summed E-state index contributed by atoms with van der Waals surface area (Å²) in [6, 6.07) is -0.100. The van der Waals surface area contributed by atoms with E-state index in [1.54, 1.807) is 6.92 Å². The minimum Gasteiger partial charge on any atom is -0.365 e. The van der Waals surface area contributed by atoms with Crippen molar-refractivity contribution >= 4 is 27.3 Å². The normalized spacial score (nSPS) is 23.2. The van der Waals surface area contributed by atoms with Crippen LogP contribution >= 0.6 is 11.6 Å². The van der Waals surface area contributed by atoms with Crippen molar-refractivity contribution in [2.75, 3.05) is 16.8 Å². The fourth-order valence-corrected chi connectivity index (χ4v) is 3.48. The summed E-state index contributed by atoms with van der Waals surface area (Å²) >= 11 is 5.91. The molecule has 0 bridgehead atoms. The second-order valence-corrected chi connectivity index (χ2v) is 6.49. The fraction of sp³-hybridized carbons (Fsp3) is 0.556. The first-order valence-electron chi connectivity index (χ1n) is 4.92. The molecule has 1 fully saturated rings. The maximum Gasteiger partial charge on any atom is 0.152 e. The average molecular weight is 262 g/mol. The molecule has 0 spiro atoms. The Morgan fingerprint density at radius 3 is 2.94 bits per heavy atom. The molecule has 0 aromatic carbocycles. The van der Waals surface area contributed by atoms with Crippen molar-refractivity contribution in [3.63, 3.8) is 0 Å². The number of nitrogens with zero attached hydrogens (tertiary/aromatic N) is 2. The van der Waals surface area contributed by atoms with E-state index in [1.807, 2.05) is 0 Å². The highest BCUT2D eigenvalue weighted by Gasteiger charge is 2.28. The van der Waals surface area contributed by atoms with Gasteiger partial charge in [-0.3, -0.25) is 0 Å². The predicted octanol–water partition coefficient (Wildman–Crippen LogP) is 1.04. The Hall–Kier alpha value is -0.880. The van der Waals surface area contributed by atoms with Crippen LogP contribution in [-0.2, 0) is 9.84 Å². The Balaban J connectivity index is 2.13. The summed E-state index contributed by atoms with van der Waals surface area (Å²) < 4.78 is 22.6. The van der Waals surface area contributed by atoms with Crippen molar-refractivity contribution in [1.29, 1.82) is 0 Å². The zero-order valence-corrected chi connectivity index (χ0v) is 10.3. The summed E-state index contributed by atoms with van der Waals surface area (Å²) in [7, 11) is -2.89. The molecule has 1 N–H and O–H groups in total. The molecule has 0 saturated carbocycles. The number of sulfone groups is 1. The van der Waals surface area contributed by atoms with E-state index in [1.165, 1.54) is 6.20 Å². The first kappa shape index (κ1) is 11.6. The van der Waals surface area contributed by atoms with Gasteiger partial charge in [-0.2, -0.15) is 0 Å². The Morgan fingerprint density at radius 2 is 2.31 bits per heavy atom. The number of anilines is 1. The van der Waals surface area contributed by atoms with Crippen LogP contribution in [0.5, 0.6) is 0 Å². The molecule has 1 saturated heterocycles. The molecule has 2 heterocycles. The zero-order valence-electron chi connectivity index (χ0n) is 8.77. The Labute approximate surface area is 99.2 Å². The molecular formula is C9H12ClN3O2S. The van der Waals surface area contributed by atoms with Crippen molar-refractivity contribution in [1.82, 2.24) is 9.97 Å². The number of hydrogen-bond donors (Lipinski definition) is 1. The first-order chi connectivity index (χ1) is 7.46. The van der Waals surface area contributed by atoms with Gasteiger partial charge in [-0.1, -0.05) is 11.6 Å². The molecule has 1 aliphatic heterocycles. The predicted molar refractivity (Wildman–Crippen MR) is 62.5 cm³/mol. The highest BCUT2D eigenvalue weighted by molar-refractivity contribution is 7.91. The van der Waals surface area contributed by atoms with Crippen LogP contribution in [0.1, 0.15) is 12.2 Å². The van der Waals surface area contributed by atoms with Crippen molar-refractivity contribution in [2.45, 2.75) is 19.4 Å². The van der Waals surface area contributed by atoms with Crippen LogP contribution < -0.4 is 5.32 Å². The number of aromatic nitrogens is 2. The maximum atomic E-state index is 11.3. The van der Waals surface area contributed by atoms with E-state index >= 15 is 0 Å². The highest BCUT2D eigenvalue weighted by atomic mass is 35.5. The van der Waals surface area contributed by atoms with Gasteiger partial charge < -0.3 is 5.32 Å². The monoisotopic (exact) mass is 261 g/mol. The maximum absolute atomic E-state index is 11.3. The van der Waals surface area contributed by atoms with E-state index in [2.05, 4.69) is 15.3 Å². The summed E-state index contributed by atoms with van der Waals surface area (Å²) in [5, 5.41) is 3.46. The SMILES string of the molecule is Cc1ncc(Cl)c(NC2CCS(=O)(=O)C2)n1. The van der Waals surface area contributed by atoms with Gasteiger partial charge in [-0.15, -0.1) is 0 Å². The van der Waals surface area contributed by atoms with Crippen molar-refractivity contribution < 1.29 is 8.42 Å². The number of rotatable bonds is 2. The van der Waals surface area contributed by atoms with Crippen molar-refractivity contribution in [3.05, 3.63) is 17.0 Å². The van der Waals surface area contributed by atoms with Gasteiger partial charge in [0.15, 0.2) is 9.84 Å². The number of halogens is 1. The summed E-state index contributed by atoms with van der Waals surface area (Å²) in [5.74, 6) is 1.49. The van der Waals surface area contributed by atoms with Crippen LogP contribution in [0.25, 0.3) is 0 Å². The third-order valence-corrected chi connectivity index (χ3v) is 4.48. The Bertz CT molecular complexity index is 503. The molecule has 0 amide bonds. The second kappa shape index (κ2) is 4.18. The first-order valence-corrected chi connectivity index (χ1v) is 7.12. The zero-order chi connectivity index (χ0) is 11.8. The molecule has 5 nitrogen and oxygen atoms in total. The lowest BCUT2D eigenvalue weighted by Gasteiger charge is -2.12. The molecule has 1 unspecified atom stereocenters. The Morgan fingerprint density at radius 1 is 1.56 bits per heavy atom. The number of hydrogen-bond acceptors (Lipinski definition) is 5. The van der Waals surface area contributed by atoms with Gasteiger partial charge in [0, 0.05) is 6.04 Å². The van der Waals surface area contributed by atoms with Crippen molar-refractivity contribution in [2.24, 2.45) is 0 Å². The van der Waals surface area contributed by atoms with Gasteiger partial charge in [-0.25, -0.2) is 18.4 Å². The quantitative estimate of drug-likeness (QED) is 0.861. The van der Waals surface area contributed by atoms with Gasteiger partial charge in [0.1, 0.15) is 16.7 Å². The lowest BCUT2D eigenvalue weighted by Crippen LogP contribution is -2.21. The molecule has 1 aliphatic rings. The lowest BCUT2D eigenvalue weighted by molar-refractivity contribution is 0.602. The van der Waals surface area contributed by atoms with Gasteiger partial charge in [-0.05, 0) is 13.3 Å². The highest BCUT2D eigenvalue weighted by Crippen LogP contribution is 2.22. The van der Waals surface area contributed by atoms with E-state index in [9.17, 15) is 8.42 Å². The summed E-state index contributed by atoms with van der Waals surface area (Å²) in [6.45, 7) is 1.76. The molecule has 1 aromatic rings. The van der Waals surface area contributed by atoms with Gasteiger partial charge in [0.25, 0.3) is 0 Å². The van der Waals surface area contributed by atoms with Crippen LogP contribution in [0, 0.1) is 6.92 Å². The molecule has 1 atom stereocenters. The lowest BCUT2D eigenvalue weighted by atomic mass is 10.2. The summed E-state index contributed by atoms with van der Waals surface area (Å²) in [6.07, 6.45) is 2.11. The third kappa shape index (κ3) is 2.62. The minimum absolute atomic E-state index is 0.100. The summed E-state index contributed by atoms with van der Waals surface area (Å²) in [5.41, 5.74) is 0. The van der Waals surface area contributed by atoms with Crippen LogP contribution in [0.15, 0.2) is 6.20 Å². The summed E-state index contributed by atoms with van der Waals surface area (Å²) in [4.78, 5) is 8.08. The average Bonchev–Trinajstić information content (AvgIpc) is 2.52. The fourth-order valence-electron chi connectivity index (χ4n) is 1.66. The molecule has 88 valence electrons. The largest absolute Gasteiger partial charge is 0.365 e. The van der Waals surface area contributed by atoms with Crippen LogP contribution in [0.3, 0.4) is 0 Å². The van der Waals surface area contributed by atoms with Gasteiger partial charge >= 0.3 is 0 Å². The standard InChI is InChI=1S/C9H12ClN3O2S/c1-6-11-4-8(10)9(12-6)13-7-2-3-16(14,15)5-7/h4,7H,2-3,5H2,1H3,(H,11,12,13). The van der Waals surface area contributed by atoms with E-state index in [-0.39, 0.29) is 17.5 Å². The number of nitrogens with one attached hydrogen (secondary N) is 1. The van der Waals surface area contributed by atoms with E-state index in [0.29, 0.717) is 23.1 Å². The van der Waals surface area contributed by atoms with E-state index in [4.69, 9.17) is 11.6 Å². The minimum atomic E-state index is -2.89. The molecule has 1 aromatic heterocycles. The van der Waals surface area contributed by atoms with Crippen molar-refractivity contribution in [3.8, 4) is 0 Å². The molecule has 16 heavy (non-hydrogen) atoms. The van der Waals surface area contributed by atoms with Crippen LogP contribution in [0.4, 0.5) is 5.82 Å². The molecule has 2 rings (SSSR count). The van der Waals surface area contributed by atoms with Gasteiger partial charge in [0.05, 0.1) is 17.7 Å². The topological polar surface area (TPSA) is 72.0 Å². The number of aryl methyl sites for hydroxylation is 1. The van der Waals surface area contributed by atoms with Gasteiger partial charge in [0.2, 0.25) is 0 Å². The van der Waals surface area contributed by atoms with E-state index < -0.39 is 9.84 Å². The molecule has 7 heteroatoms. The molecule has 0 aliphatic carbocycles. The van der Waals surface area contributed by atoms with E-state index in [0.717, 1.165) is 0 Å². The Kier molecular flexibility index (Phi) is 3.03. The third-order valence-electron chi connectivity index (χ3n) is 2.44. The molecular weight excluding hydrogens is 250 g/mol. The molecule has 0 radical (unpaired) electrons.